The summed E-state index contributed by atoms with van der Waals surface area (Å²) in [5.74, 6) is -0.102. The van der Waals surface area contributed by atoms with Crippen LogP contribution in [0.15, 0.2) is 0 Å². The lowest BCUT2D eigenvalue weighted by Gasteiger charge is -1.84. The first kappa shape index (κ1) is 10.8. The molecular weight excluding hydrogens is 224 g/mol. The standard InChI is InChI=1S/2C3H4N2OS/c2*6-2-1-4-3(7)5-2/h2*1H2,(H2,4,5,6,7). The third-order valence-corrected chi connectivity index (χ3v) is 1.82. The van der Waals surface area contributed by atoms with Crippen LogP contribution in [0.2, 0.25) is 0 Å². The molecule has 0 unspecified atom stereocenters. The number of amides is 2. The van der Waals surface area contributed by atoms with Crippen molar-refractivity contribution in [2.75, 3.05) is 13.1 Å². The number of hydrogen-bond acceptors (Lipinski definition) is 4. The molecular formula is C6H8N4O2S2. The molecule has 2 fully saturated rings. The maximum absolute atomic E-state index is 10.2. The third-order valence-electron chi connectivity index (χ3n) is 1.32. The zero-order valence-corrected chi connectivity index (χ0v) is 8.68. The second-order valence-corrected chi connectivity index (χ2v) is 3.28. The minimum atomic E-state index is -0.0509. The molecule has 2 aliphatic heterocycles. The fraction of sp³-hybridized carbons (Fsp3) is 0.333. The summed E-state index contributed by atoms with van der Waals surface area (Å²) in [5, 5.41) is 10.9. The Morgan fingerprint density at radius 3 is 1.29 bits per heavy atom. The smallest absolute Gasteiger partial charge is 0.245 e. The molecule has 0 aromatic heterocycles. The van der Waals surface area contributed by atoms with Crippen LogP contribution in [0.25, 0.3) is 0 Å². The average molecular weight is 232 g/mol. The van der Waals surface area contributed by atoms with Gasteiger partial charge in [-0.2, -0.15) is 0 Å². The van der Waals surface area contributed by atoms with Crippen molar-refractivity contribution in [1.82, 2.24) is 21.3 Å². The Labute approximate surface area is 90.8 Å². The van der Waals surface area contributed by atoms with Gasteiger partial charge >= 0.3 is 0 Å². The Balaban J connectivity index is 0.000000140. The van der Waals surface area contributed by atoms with Gasteiger partial charge in [0.2, 0.25) is 11.8 Å². The normalized spacial score (nSPS) is 18.9. The predicted octanol–water partition coefficient (Wildman–Crippen LogP) is -2.02. The first-order valence-corrected chi connectivity index (χ1v) is 4.55. The summed E-state index contributed by atoms with van der Waals surface area (Å²) in [6.45, 7) is 0.664. The van der Waals surface area contributed by atoms with Crippen LogP contribution in [0.5, 0.6) is 0 Å². The molecule has 2 rings (SSSR count). The lowest BCUT2D eigenvalue weighted by Crippen LogP contribution is -2.21. The molecule has 0 aromatic rings. The van der Waals surface area contributed by atoms with E-state index in [0.29, 0.717) is 23.3 Å². The van der Waals surface area contributed by atoms with Gasteiger partial charge in [0.05, 0.1) is 13.1 Å². The molecule has 0 bridgehead atoms. The lowest BCUT2D eigenvalue weighted by molar-refractivity contribution is -0.118. The fourth-order valence-corrected chi connectivity index (χ4v) is 1.12. The van der Waals surface area contributed by atoms with Crippen LogP contribution in [0.3, 0.4) is 0 Å². The number of thiocarbonyl (C=S) groups is 2. The van der Waals surface area contributed by atoms with Crippen molar-refractivity contribution in [3.05, 3.63) is 0 Å². The van der Waals surface area contributed by atoms with Crippen LogP contribution in [-0.2, 0) is 9.59 Å². The van der Waals surface area contributed by atoms with Gasteiger partial charge in [-0.1, -0.05) is 0 Å². The summed E-state index contributed by atoms with van der Waals surface area (Å²) in [6, 6.07) is 0. The van der Waals surface area contributed by atoms with Crippen molar-refractivity contribution >= 4 is 46.5 Å². The van der Waals surface area contributed by atoms with Gasteiger partial charge in [-0.15, -0.1) is 0 Å². The van der Waals surface area contributed by atoms with E-state index < -0.39 is 0 Å². The molecule has 2 heterocycles. The minimum Gasteiger partial charge on any atom is -0.353 e. The number of rotatable bonds is 0. The Kier molecular flexibility index (Phi) is 3.72. The summed E-state index contributed by atoms with van der Waals surface area (Å²) in [5.41, 5.74) is 0. The molecule has 0 spiro atoms. The maximum atomic E-state index is 10.2. The maximum Gasteiger partial charge on any atom is 0.245 e. The largest absolute Gasteiger partial charge is 0.353 e. The van der Waals surface area contributed by atoms with Crippen molar-refractivity contribution in [3.8, 4) is 0 Å². The van der Waals surface area contributed by atoms with E-state index in [-0.39, 0.29) is 11.8 Å². The van der Waals surface area contributed by atoms with Crippen molar-refractivity contribution in [2.45, 2.75) is 0 Å². The first-order valence-electron chi connectivity index (χ1n) is 3.73. The average Bonchev–Trinajstić information content (AvgIpc) is 2.63. The molecule has 76 valence electrons. The Morgan fingerprint density at radius 2 is 1.21 bits per heavy atom. The van der Waals surface area contributed by atoms with E-state index in [1.807, 2.05) is 0 Å². The van der Waals surface area contributed by atoms with Crippen LogP contribution >= 0.6 is 24.4 Å². The van der Waals surface area contributed by atoms with E-state index >= 15 is 0 Å². The van der Waals surface area contributed by atoms with E-state index in [2.05, 4.69) is 45.7 Å². The summed E-state index contributed by atoms with van der Waals surface area (Å²) in [7, 11) is 0. The number of carbonyl (C=O) groups excluding carboxylic acids is 2. The monoisotopic (exact) mass is 232 g/mol. The highest BCUT2D eigenvalue weighted by atomic mass is 32.1. The molecule has 0 atom stereocenters. The highest BCUT2D eigenvalue weighted by molar-refractivity contribution is 7.80. The minimum absolute atomic E-state index is 0.0509. The van der Waals surface area contributed by atoms with Crippen LogP contribution < -0.4 is 21.3 Å². The molecule has 14 heavy (non-hydrogen) atoms. The Morgan fingerprint density at radius 1 is 0.857 bits per heavy atom. The SMILES string of the molecule is O=C1CNC(=S)N1.O=C1CNC(=S)N1. The van der Waals surface area contributed by atoms with Crippen molar-refractivity contribution in [3.63, 3.8) is 0 Å². The van der Waals surface area contributed by atoms with Gasteiger partial charge in [0.25, 0.3) is 0 Å². The van der Waals surface area contributed by atoms with Crippen molar-refractivity contribution in [2.24, 2.45) is 0 Å². The molecule has 0 aromatic carbocycles. The Hall–Kier alpha value is -1.28. The van der Waals surface area contributed by atoms with Crippen LogP contribution in [-0.4, -0.2) is 35.1 Å². The molecule has 2 aliphatic rings. The second-order valence-electron chi connectivity index (χ2n) is 2.46. The van der Waals surface area contributed by atoms with Crippen molar-refractivity contribution in [1.29, 1.82) is 0 Å². The molecule has 0 aliphatic carbocycles. The highest BCUT2D eigenvalue weighted by Crippen LogP contribution is 1.75. The quantitative estimate of drug-likeness (QED) is 0.361. The summed E-state index contributed by atoms with van der Waals surface area (Å²) in [6.07, 6.45) is 0. The summed E-state index contributed by atoms with van der Waals surface area (Å²) in [4.78, 5) is 20.4. The van der Waals surface area contributed by atoms with Crippen LogP contribution in [0.4, 0.5) is 0 Å². The molecule has 8 heteroatoms. The van der Waals surface area contributed by atoms with E-state index in [1.54, 1.807) is 0 Å². The molecule has 6 nitrogen and oxygen atoms in total. The molecule has 0 radical (unpaired) electrons. The Bertz CT molecular complexity index is 246. The molecule has 2 amide bonds. The number of hydrogen-bond donors (Lipinski definition) is 4. The molecule has 4 N–H and O–H groups in total. The molecule has 0 saturated carbocycles. The van der Waals surface area contributed by atoms with Gasteiger partial charge in [-0.3, -0.25) is 9.59 Å². The van der Waals surface area contributed by atoms with Gasteiger partial charge in [0.15, 0.2) is 10.2 Å². The van der Waals surface area contributed by atoms with Crippen LogP contribution in [0.1, 0.15) is 0 Å². The summed E-state index contributed by atoms with van der Waals surface area (Å²) >= 11 is 9.11. The lowest BCUT2D eigenvalue weighted by atomic mass is 10.7. The zero-order chi connectivity index (χ0) is 10.6. The highest BCUT2D eigenvalue weighted by Gasteiger charge is 2.11. The molecule has 2 saturated heterocycles. The van der Waals surface area contributed by atoms with Gasteiger partial charge < -0.3 is 21.3 Å². The predicted molar refractivity (Wildman–Crippen MR) is 57.5 cm³/mol. The topological polar surface area (TPSA) is 82.3 Å². The van der Waals surface area contributed by atoms with E-state index in [4.69, 9.17) is 0 Å². The number of nitrogens with one attached hydrogen (secondary N) is 4. The van der Waals surface area contributed by atoms with E-state index in [0.717, 1.165) is 0 Å². The first-order chi connectivity index (χ1) is 6.58. The third kappa shape index (κ3) is 3.62. The van der Waals surface area contributed by atoms with Gasteiger partial charge in [-0.25, -0.2) is 0 Å². The summed E-state index contributed by atoms with van der Waals surface area (Å²) < 4.78 is 0. The van der Waals surface area contributed by atoms with Gasteiger partial charge in [0.1, 0.15) is 0 Å². The number of carbonyl (C=O) groups is 2. The van der Waals surface area contributed by atoms with Crippen molar-refractivity contribution < 1.29 is 9.59 Å². The van der Waals surface area contributed by atoms with Gasteiger partial charge in [0, 0.05) is 0 Å². The second kappa shape index (κ2) is 4.82. The van der Waals surface area contributed by atoms with Crippen LogP contribution in [0, 0.1) is 0 Å². The van der Waals surface area contributed by atoms with E-state index in [1.165, 1.54) is 0 Å². The van der Waals surface area contributed by atoms with E-state index in [9.17, 15) is 9.59 Å². The van der Waals surface area contributed by atoms with Gasteiger partial charge in [-0.05, 0) is 24.4 Å². The fourth-order valence-electron chi connectivity index (χ4n) is 0.751. The zero-order valence-electron chi connectivity index (χ0n) is 7.05.